The van der Waals surface area contributed by atoms with Crippen LogP contribution >= 0.6 is 0 Å². The van der Waals surface area contributed by atoms with Gasteiger partial charge in [-0.2, -0.15) is 13.2 Å². The molecule has 0 aliphatic heterocycles. The summed E-state index contributed by atoms with van der Waals surface area (Å²) in [5.41, 5.74) is 7.13. The lowest BCUT2D eigenvalue weighted by Gasteiger charge is -2.25. The third-order valence-electron chi connectivity index (χ3n) is 7.19. The van der Waals surface area contributed by atoms with Crippen LogP contribution in [-0.4, -0.2) is 76.7 Å². The summed E-state index contributed by atoms with van der Waals surface area (Å²) in [6, 6.07) is 8.86. The number of carbonyl (C=O) groups is 5. The molecule has 0 radical (unpaired) electrons. The molecule has 0 fully saturated rings. The first-order valence-corrected chi connectivity index (χ1v) is 15.0. The van der Waals surface area contributed by atoms with Crippen molar-refractivity contribution in [1.82, 2.24) is 21.3 Å². The summed E-state index contributed by atoms with van der Waals surface area (Å²) in [5, 5.41) is 28.3. The summed E-state index contributed by atoms with van der Waals surface area (Å²) in [6.07, 6.45) is -5.47. The average Bonchev–Trinajstić information content (AvgIpc) is 2.99. The largest absolute Gasteiger partial charge is 0.508 e. The van der Waals surface area contributed by atoms with Crippen LogP contribution < -0.4 is 27.0 Å². The molecule has 2 aromatic rings. The van der Waals surface area contributed by atoms with Crippen LogP contribution in [0.15, 0.2) is 54.6 Å². The molecule has 0 heterocycles. The molecule has 258 valence electrons. The van der Waals surface area contributed by atoms with Gasteiger partial charge < -0.3 is 37.2 Å². The van der Waals surface area contributed by atoms with Crippen LogP contribution in [0.2, 0.25) is 0 Å². The number of amides is 4. The van der Waals surface area contributed by atoms with E-state index in [1.807, 2.05) is 0 Å². The smallest absolute Gasteiger partial charge is 0.391 e. The Morgan fingerprint density at radius 2 is 1.32 bits per heavy atom. The lowest BCUT2D eigenvalue weighted by molar-refractivity contribution is -0.173. The van der Waals surface area contributed by atoms with Crippen molar-refractivity contribution in [2.45, 2.75) is 76.8 Å². The monoisotopic (exact) mass is 665 g/mol. The molecule has 8 N–H and O–H groups in total. The molecule has 47 heavy (non-hydrogen) atoms. The van der Waals surface area contributed by atoms with Crippen LogP contribution in [0.25, 0.3) is 0 Å². The molecule has 12 nitrogen and oxygen atoms in total. The molecule has 2 aromatic carbocycles. The highest BCUT2D eigenvalue weighted by atomic mass is 19.4. The van der Waals surface area contributed by atoms with Gasteiger partial charge in [-0.1, -0.05) is 63.2 Å². The van der Waals surface area contributed by atoms with E-state index in [4.69, 9.17) is 5.73 Å². The van der Waals surface area contributed by atoms with Crippen molar-refractivity contribution in [1.29, 1.82) is 0 Å². The van der Waals surface area contributed by atoms with Crippen molar-refractivity contribution in [2.75, 3.05) is 6.54 Å². The first-order chi connectivity index (χ1) is 22.0. The highest BCUT2D eigenvalue weighted by molar-refractivity contribution is 5.94. The Kier molecular flexibility index (Phi) is 14.7. The number of carboxylic acids is 1. The van der Waals surface area contributed by atoms with E-state index in [0.717, 1.165) is 6.92 Å². The summed E-state index contributed by atoms with van der Waals surface area (Å²) < 4.78 is 40.1. The number of nitrogens with one attached hydrogen (secondary N) is 4. The van der Waals surface area contributed by atoms with Crippen LogP contribution in [0.3, 0.4) is 0 Å². The normalized spacial score (nSPS) is 14.6. The molecule has 0 saturated heterocycles. The molecule has 4 amide bonds. The number of carbonyl (C=O) groups excluding carboxylic acids is 4. The van der Waals surface area contributed by atoms with Crippen LogP contribution in [0, 0.1) is 11.8 Å². The standard InChI is InChI=1S/C32H42F3N5O7/c1-18(2)13-26(31(46)47)40-30(45)25(16-20-7-5-4-6-8-20)38-27(42)17-37-29(44)24(14-19(3)32(33,34)35)39-28(43)23(36)15-21-9-11-22(41)12-10-21/h4-12,18-19,23-26,41H,13-17,36H2,1-3H3,(H,37,44)(H,38,42)(H,39,43)(H,40,45)(H,46,47)/t19-,23+,24+,25+,26+/m1/s1. The molecule has 0 aliphatic carbocycles. The molecule has 0 saturated carbocycles. The second-order valence-electron chi connectivity index (χ2n) is 11.8. The number of aromatic hydroxyl groups is 1. The minimum Gasteiger partial charge on any atom is -0.508 e. The Labute approximate surface area is 270 Å². The van der Waals surface area contributed by atoms with E-state index < -0.39 is 78.8 Å². The minimum atomic E-state index is -4.68. The van der Waals surface area contributed by atoms with Gasteiger partial charge in [-0.25, -0.2) is 4.79 Å². The number of phenols is 1. The number of hydrogen-bond acceptors (Lipinski definition) is 7. The van der Waals surface area contributed by atoms with Crippen LogP contribution in [0.4, 0.5) is 13.2 Å². The van der Waals surface area contributed by atoms with E-state index >= 15 is 0 Å². The molecule has 0 spiro atoms. The molecule has 5 atom stereocenters. The van der Waals surface area contributed by atoms with Gasteiger partial charge in [-0.3, -0.25) is 19.2 Å². The Morgan fingerprint density at radius 1 is 0.745 bits per heavy atom. The van der Waals surface area contributed by atoms with Crippen molar-refractivity contribution < 1.29 is 47.4 Å². The summed E-state index contributed by atoms with van der Waals surface area (Å²) in [7, 11) is 0. The quantitative estimate of drug-likeness (QED) is 0.133. The zero-order valence-corrected chi connectivity index (χ0v) is 26.3. The van der Waals surface area contributed by atoms with Gasteiger partial charge >= 0.3 is 12.1 Å². The Bertz CT molecular complexity index is 1360. The Balaban J connectivity index is 2.14. The van der Waals surface area contributed by atoms with Crippen LogP contribution in [0.1, 0.15) is 44.7 Å². The number of benzene rings is 2. The molecule has 0 unspecified atom stereocenters. The minimum absolute atomic E-state index is 0.0173. The maximum absolute atomic E-state index is 13.4. The molecule has 0 bridgehead atoms. The second kappa shape index (κ2) is 17.9. The maximum atomic E-state index is 13.4. The maximum Gasteiger partial charge on any atom is 0.391 e. The fourth-order valence-corrected chi connectivity index (χ4v) is 4.54. The molecular formula is C32H42F3N5O7. The van der Waals surface area contributed by atoms with Gasteiger partial charge in [0.15, 0.2) is 0 Å². The van der Waals surface area contributed by atoms with Gasteiger partial charge in [-0.05, 0) is 48.4 Å². The zero-order chi connectivity index (χ0) is 35.3. The summed E-state index contributed by atoms with van der Waals surface area (Å²) in [6.45, 7) is 3.63. The molecule has 2 rings (SSSR count). The SMILES string of the molecule is CC(C)C[C@H](NC(=O)[C@H](Cc1ccccc1)NC(=O)CNC(=O)[C@H](C[C@@H](C)C(F)(F)F)NC(=O)[C@@H](N)Cc1ccc(O)cc1)C(=O)O. The van der Waals surface area contributed by atoms with Gasteiger partial charge in [0, 0.05) is 6.42 Å². The van der Waals surface area contributed by atoms with E-state index in [-0.39, 0.29) is 30.9 Å². The number of nitrogens with two attached hydrogens (primary N) is 1. The van der Waals surface area contributed by atoms with Crippen molar-refractivity contribution >= 4 is 29.6 Å². The zero-order valence-electron chi connectivity index (χ0n) is 26.3. The van der Waals surface area contributed by atoms with E-state index in [1.54, 1.807) is 44.2 Å². The molecular weight excluding hydrogens is 623 g/mol. The van der Waals surface area contributed by atoms with Gasteiger partial charge in [-0.15, -0.1) is 0 Å². The lowest BCUT2D eigenvalue weighted by Crippen LogP contribution is -2.56. The number of halogens is 3. The summed E-state index contributed by atoms with van der Waals surface area (Å²) >= 11 is 0. The van der Waals surface area contributed by atoms with Crippen molar-refractivity contribution in [3.05, 3.63) is 65.7 Å². The average molecular weight is 666 g/mol. The number of rotatable bonds is 17. The predicted octanol–water partition coefficient (Wildman–Crippen LogP) is 1.79. The van der Waals surface area contributed by atoms with Crippen LogP contribution in [0.5, 0.6) is 5.75 Å². The van der Waals surface area contributed by atoms with E-state index in [2.05, 4.69) is 21.3 Å². The summed E-state index contributed by atoms with van der Waals surface area (Å²) in [4.78, 5) is 63.5. The van der Waals surface area contributed by atoms with Crippen molar-refractivity contribution in [3.63, 3.8) is 0 Å². The summed E-state index contributed by atoms with van der Waals surface area (Å²) in [5.74, 6) is -7.02. The van der Waals surface area contributed by atoms with Crippen molar-refractivity contribution in [3.8, 4) is 5.75 Å². The Hall–Kier alpha value is -4.66. The third-order valence-corrected chi connectivity index (χ3v) is 7.19. The highest BCUT2D eigenvalue weighted by Gasteiger charge is 2.39. The second-order valence-corrected chi connectivity index (χ2v) is 11.8. The van der Waals surface area contributed by atoms with Gasteiger partial charge in [0.05, 0.1) is 18.5 Å². The predicted molar refractivity (Wildman–Crippen MR) is 166 cm³/mol. The number of carboxylic acid groups (broad SMARTS) is 1. The number of aliphatic carboxylic acids is 1. The number of hydrogen-bond donors (Lipinski definition) is 7. The van der Waals surface area contributed by atoms with E-state index in [0.29, 0.717) is 11.1 Å². The number of alkyl halides is 3. The van der Waals surface area contributed by atoms with Gasteiger partial charge in [0.1, 0.15) is 23.9 Å². The van der Waals surface area contributed by atoms with E-state index in [1.165, 1.54) is 24.3 Å². The first kappa shape index (κ1) is 38.5. The lowest BCUT2D eigenvalue weighted by atomic mass is 9.99. The topological polar surface area (TPSA) is 200 Å². The van der Waals surface area contributed by atoms with Crippen LogP contribution in [-0.2, 0) is 36.8 Å². The van der Waals surface area contributed by atoms with E-state index in [9.17, 15) is 47.4 Å². The van der Waals surface area contributed by atoms with Gasteiger partial charge in [0.2, 0.25) is 23.6 Å². The molecule has 0 aliphatic rings. The number of phenolic OH excluding ortho intramolecular Hbond substituents is 1. The Morgan fingerprint density at radius 3 is 1.87 bits per heavy atom. The highest BCUT2D eigenvalue weighted by Crippen LogP contribution is 2.29. The van der Waals surface area contributed by atoms with Crippen molar-refractivity contribution in [2.24, 2.45) is 17.6 Å². The third kappa shape index (κ3) is 13.7. The fourth-order valence-electron chi connectivity index (χ4n) is 4.54. The molecule has 0 aromatic heterocycles. The first-order valence-electron chi connectivity index (χ1n) is 15.0. The molecule has 15 heteroatoms. The fraction of sp³-hybridized carbons (Fsp3) is 0.469. The van der Waals surface area contributed by atoms with Gasteiger partial charge in [0.25, 0.3) is 0 Å².